The van der Waals surface area contributed by atoms with Crippen molar-refractivity contribution in [1.29, 1.82) is 0 Å². The summed E-state index contributed by atoms with van der Waals surface area (Å²) in [6.07, 6.45) is 16.0. The number of rotatable bonds is 18. The zero-order valence-electron chi connectivity index (χ0n) is 63.5. The van der Waals surface area contributed by atoms with Crippen LogP contribution in [0.3, 0.4) is 0 Å². The predicted octanol–water partition coefficient (Wildman–Crippen LogP) is 7.93. The van der Waals surface area contributed by atoms with Gasteiger partial charge in [-0.1, -0.05) is 184 Å². The maximum atomic E-state index is 4.76. The molecule has 0 amide bonds. The number of alkyl halides is 2. The molecule has 0 aliphatic carbocycles. The molecule has 0 fully saturated rings. The topological polar surface area (TPSA) is 17.6 Å². The molecule has 0 aliphatic rings. The first-order valence-corrected chi connectivity index (χ1v) is 42.1. The Morgan fingerprint density at radius 1 is 0.267 bits per heavy atom. The molecular formula is C91H104As2Cl6N4Pd2. The minimum absolute atomic E-state index is 0. The Bertz CT molecular complexity index is 3640. The Morgan fingerprint density at radius 2 is 0.429 bits per heavy atom. The Morgan fingerprint density at radius 3 is 0.590 bits per heavy atom. The Kier molecular flexibility index (Phi) is 44.2. The third-order valence-electron chi connectivity index (χ3n) is 17.6. The molecule has 105 heavy (non-hydrogen) atoms. The molecule has 0 spiro atoms. The van der Waals surface area contributed by atoms with E-state index in [2.05, 4.69) is 421 Å². The summed E-state index contributed by atoms with van der Waals surface area (Å²) < 4.78 is 17.7. The predicted molar refractivity (Wildman–Crippen MR) is 430 cm³/mol. The van der Waals surface area contributed by atoms with Crippen LogP contribution in [-0.4, -0.2) is 43.8 Å². The van der Waals surface area contributed by atoms with E-state index >= 15 is 0 Å². The van der Waals surface area contributed by atoms with Gasteiger partial charge in [0.2, 0.25) is 0 Å². The van der Waals surface area contributed by atoms with E-state index in [1.807, 2.05) is 0 Å². The van der Waals surface area contributed by atoms with E-state index < -0.39 is 29.3 Å². The van der Waals surface area contributed by atoms with E-state index in [0.29, 0.717) is 47.3 Å². The van der Waals surface area contributed by atoms with Gasteiger partial charge in [-0.15, -0.1) is 23.2 Å². The van der Waals surface area contributed by atoms with Crippen molar-refractivity contribution in [2.24, 2.45) is 0 Å². The normalized spacial score (nSPS) is 10.6. The van der Waals surface area contributed by atoms with Crippen molar-refractivity contribution in [3.8, 4) is 22.7 Å². The number of halogens is 6. The fourth-order valence-corrected chi connectivity index (χ4v) is 22.3. The average molecular weight is 1830 g/mol. The first-order valence-electron chi connectivity index (χ1n) is 35.4. The first kappa shape index (κ1) is 95.9. The molecular weight excluding hydrogens is 1720 g/mol. The van der Waals surface area contributed by atoms with E-state index in [1.54, 1.807) is 0 Å². The third kappa shape index (κ3) is 26.0. The van der Waals surface area contributed by atoms with Gasteiger partial charge in [0.05, 0.1) is 28.1 Å². The number of nitrogens with zero attached hydrogens (tertiary/aromatic N) is 4. The quantitative estimate of drug-likeness (QED) is 0.0360. The second-order valence-corrected chi connectivity index (χ2v) is 37.6. The van der Waals surface area contributed by atoms with Gasteiger partial charge in [-0.3, -0.25) is 18.3 Å². The van der Waals surface area contributed by atoms with Gasteiger partial charge >= 0.3 is 278 Å². The first-order chi connectivity index (χ1) is 47.7. The fourth-order valence-electron chi connectivity index (χ4n) is 12.6. The van der Waals surface area contributed by atoms with E-state index in [-0.39, 0.29) is 95.8 Å². The van der Waals surface area contributed by atoms with Crippen molar-refractivity contribution < 1.29 is 99.6 Å². The van der Waals surface area contributed by atoms with Gasteiger partial charge in [0.25, 0.3) is 12.7 Å². The standard InChI is InChI=1S/2C27H36N2.2C18H15As.CH2Cl2.4ClH.2Pd/c2*1-18(2)22-11-9-12-23(19(3)4)26(22)28-15-16-29(17-28)27-24(20(5)6)13-10-14-25(27)21(7)8;2*1-4-10-16(11-5-1)19(17-12-6-2-7-13-17)18-14-8-3-9-15-18;2-1-3;;;;;;/h2*9-16,18-21H,1-8H3;2*1-15H;1H2;4*1H;;/q;;;;;;;;;2*+2/p-4. The van der Waals surface area contributed by atoms with Crippen molar-refractivity contribution >= 4 is 78.6 Å². The van der Waals surface area contributed by atoms with Gasteiger partial charge in [-0.2, -0.15) is 0 Å². The van der Waals surface area contributed by atoms with Crippen LogP contribution in [0, 0.1) is 12.7 Å². The summed E-state index contributed by atoms with van der Waals surface area (Å²) in [6.45, 7) is 36.3. The van der Waals surface area contributed by atoms with Gasteiger partial charge in [-0.05, 0) is 91.9 Å². The summed E-state index contributed by atoms with van der Waals surface area (Å²) in [5, 5.41) is 0.194. The van der Waals surface area contributed by atoms with Gasteiger partial charge in [0.15, 0.2) is 0 Å². The van der Waals surface area contributed by atoms with E-state index in [9.17, 15) is 0 Å². The SMILES string of the molecule is CC(C)c1cccc(C(C)C)c1-n1[c-][n+](-c2c(C(C)C)cccc2C(C)C)cc1.CC(C)c1cccc(C(C)C)c1-n1[c-][n+](-c2c(C(C)C)cccc2C(C)C)cc1.ClCCl.[Cl-].[Cl-].[Cl-].[Cl-].[Pd+2].[Pd+2].c1ccc([As](c2ccccc2)c2ccccc2)cc1.c1ccc([As](c2ccccc2)c2ccccc2)cc1. The van der Waals surface area contributed by atoms with Gasteiger partial charge in [0.1, 0.15) is 0 Å². The molecule has 12 aromatic rings. The molecule has 4 nitrogen and oxygen atoms in total. The average Bonchev–Trinajstić information content (AvgIpc) is 1.71. The van der Waals surface area contributed by atoms with Crippen LogP contribution in [0.15, 0.2) is 280 Å². The summed E-state index contributed by atoms with van der Waals surface area (Å²) in [7, 11) is 0. The second kappa shape index (κ2) is 48.4. The van der Waals surface area contributed by atoms with Crippen molar-refractivity contribution in [3.63, 3.8) is 0 Å². The molecule has 0 saturated heterocycles. The summed E-state index contributed by atoms with van der Waals surface area (Å²) in [6, 6.07) is 92.2. The van der Waals surface area contributed by atoms with Crippen LogP contribution in [0.2, 0.25) is 0 Å². The molecule has 0 aliphatic heterocycles. The maximum absolute atomic E-state index is 4.76. The van der Waals surface area contributed by atoms with Crippen molar-refractivity contribution in [2.75, 3.05) is 5.34 Å². The van der Waals surface area contributed by atoms with E-state index in [1.165, 1.54) is 93.4 Å². The molecule has 10 aromatic carbocycles. The third-order valence-corrected chi connectivity index (χ3v) is 27.8. The zero-order valence-corrected chi connectivity index (χ0v) is 74.9. The number of imidazole rings is 2. The Labute approximate surface area is 703 Å². The molecule has 0 atom stereocenters. The molecule has 0 saturated carbocycles. The van der Waals surface area contributed by atoms with E-state index in [4.69, 9.17) is 23.2 Å². The van der Waals surface area contributed by atoms with Gasteiger partial charge < -0.3 is 49.6 Å². The Hall–Kier alpha value is -5.20. The second-order valence-electron chi connectivity index (χ2n) is 27.4. The van der Waals surface area contributed by atoms with Crippen LogP contribution in [-0.2, 0) is 40.8 Å². The number of benzene rings is 10. The fraction of sp³-hybridized carbons (Fsp3) is 0.275. The molecule has 0 bridgehead atoms. The van der Waals surface area contributed by atoms with Crippen molar-refractivity contribution in [1.82, 2.24) is 9.13 Å². The minimum atomic E-state index is -1.39. The summed E-state index contributed by atoms with van der Waals surface area (Å²) >= 11 is 6.75. The number of hydrogen-bond acceptors (Lipinski definition) is 0. The van der Waals surface area contributed by atoms with Crippen molar-refractivity contribution in [2.45, 2.75) is 158 Å². The summed E-state index contributed by atoms with van der Waals surface area (Å²) in [5.74, 6) is 3.68. The van der Waals surface area contributed by atoms with Crippen LogP contribution in [0.5, 0.6) is 0 Å². The van der Waals surface area contributed by atoms with Crippen LogP contribution in [0.1, 0.15) is 203 Å². The number of hydrogen-bond donors (Lipinski definition) is 0. The number of para-hydroxylation sites is 4. The molecule has 14 heteroatoms. The van der Waals surface area contributed by atoms with Gasteiger partial charge in [-0.25, -0.2) is 0 Å². The molecule has 2 heterocycles. The summed E-state index contributed by atoms with van der Waals surface area (Å²) in [4.78, 5) is 0. The molecule has 12 rings (SSSR count). The molecule has 560 valence electrons. The van der Waals surface area contributed by atoms with Crippen LogP contribution >= 0.6 is 23.2 Å². The summed E-state index contributed by atoms with van der Waals surface area (Å²) in [5.41, 5.74) is 16.1. The van der Waals surface area contributed by atoms with E-state index in [0.717, 1.165) is 0 Å². The molecule has 2 aromatic heterocycles. The molecule has 0 N–H and O–H groups in total. The number of aromatic nitrogens is 4. The van der Waals surface area contributed by atoms with Crippen LogP contribution < -0.4 is 84.9 Å². The van der Waals surface area contributed by atoms with Gasteiger partial charge in [0, 0.05) is 24.8 Å². The zero-order chi connectivity index (χ0) is 71.1. The van der Waals surface area contributed by atoms with Crippen LogP contribution in [0.25, 0.3) is 22.7 Å². The van der Waals surface area contributed by atoms with Crippen molar-refractivity contribution in [3.05, 3.63) is 337 Å². The monoisotopic (exact) mass is 1820 g/mol. The van der Waals surface area contributed by atoms with Crippen LogP contribution in [0.4, 0.5) is 0 Å². The Balaban J connectivity index is 0.000000468. The molecule has 0 radical (unpaired) electrons. The molecule has 0 unspecified atom stereocenters.